The standard InChI is InChI=1S/C19H23NO3/c1-22-19(21)18-12-11-17(20-18)15-7-9-16(10-8-15)23-13-14-5-3-2-4-6-14/h2-9,16-18,20H,10-13H2,1H3/t16?,17-,18-/m0/s1. The molecule has 1 aliphatic carbocycles. The lowest BCUT2D eigenvalue weighted by molar-refractivity contribution is -0.142. The van der Waals surface area contributed by atoms with Gasteiger partial charge in [0, 0.05) is 6.04 Å². The van der Waals surface area contributed by atoms with Crippen LogP contribution >= 0.6 is 0 Å². The normalized spacial score (nSPS) is 26.8. The molecule has 2 aliphatic rings. The highest BCUT2D eigenvalue weighted by atomic mass is 16.5. The minimum atomic E-state index is -0.175. The SMILES string of the molecule is COC(=O)[C@@H]1CC[C@@H](C2=CCC(OCc3ccccc3)C=C2)N1. The molecule has 4 heteroatoms. The maximum absolute atomic E-state index is 11.6. The Morgan fingerprint density at radius 3 is 2.78 bits per heavy atom. The van der Waals surface area contributed by atoms with Crippen LogP contribution in [-0.4, -0.2) is 31.3 Å². The molecule has 0 spiro atoms. The first-order chi connectivity index (χ1) is 11.3. The van der Waals surface area contributed by atoms with Crippen LogP contribution < -0.4 is 5.32 Å². The molecule has 1 fully saturated rings. The van der Waals surface area contributed by atoms with Gasteiger partial charge in [0.15, 0.2) is 0 Å². The van der Waals surface area contributed by atoms with E-state index in [1.54, 1.807) is 0 Å². The highest BCUT2D eigenvalue weighted by Crippen LogP contribution is 2.24. The zero-order valence-corrected chi connectivity index (χ0v) is 13.4. The number of hydrogen-bond acceptors (Lipinski definition) is 4. The Labute approximate surface area is 137 Å². The van der Waals surface area contributed by atoms with Gasteiger partial charge in [0.25, 0.3) is 0 Å². The van der Waals surface area contributed by atoms with E-state index in [9.17, 15) is 4.79 Å². The Balaban J connectivity index is 1.48. The van der Waals surface area contributed by atoms with E-state index < -0.39 is 0 Å². The molecule has 1 heterocycles. The van der Waals surface area contributed by atoms with Crippen molar-refractivity contribution in [1.82, 2.24) is 5.32 Å². The van der Waals surface area contributed by atoms with Crippen LogP contribution in [0.3, 0.4) is 0 Å². The van der Waals surface area contributed by atoms with Crippen LogP contribution in [0.5, 0.6) is 0 Å². The first kappa shape index (κ1) is 16.0. The first-order valence-corrected chi connectivity index (χ1v) is 8.14. The number of hydrogen-bond donors (Lipinski definition) is 1. The smallest absolute Gasteiger partial charge is 0.322 e. The Morgan fingerprint density at radius 1 is 1.26 bits per heavy atom. The molecule has 0 bridgehead atoms. The van der Waals surface area contributed by atoms with Crippen LogP contribution in [0.4, 0.5) is 0 Å². The highest BCUT2D eigenvalue weighted by molar-refractivity contribution is 5.76. The zero-order chi connectivity index (χ0) is 16.1. The molecule has 0 amide bonds. The lowest BCUT2D eigenvalue weighted by Gasteiger charge is -2.21. The topological polar surface area (TPSA) is 47.6 Å². The molecular weight excluding hydrogens is 290 g/mol. The molecule has 1 saturated heterocycles. The molecule has 0 saturated carbocycles. The van der Waals surface area contributed by atoms with Crippen LogP contribution in [0, 0.1) is 0 Å². The van der Waals surface area contributed by atoms with Crippen LogP contribution in [0.1, 0.15) is 24.8 Å². The van der Waals surface area contributed by atoms with Crippen LogP contribution in [0.15, 0.2) is 54.1 Å². The minimum Gasteiger partial charge on any atom is -0.468 e. The van der Waals surface area contributed by atoms with Crippen molar-refractivity contribution in [1.29, 1.82) is 0 Å². The van der Waals surface area contributed by atoms with Crippen LogP contribution in [-0.2, 0) is 20.9 Å². The Bertz CT molecular complexity index is 594. The van der Waals surface area contributed by atoms with Gasteiger partial charge in [-0.1, -0.05) is 48.6 Å². The monoisotopic (exact) mass is 313 g/mol. The third kappa shape index (κ3) is 4.09. The van der Waals surface area contributed by atoms with E-state index in [2.05, 4.69) is 35.7 Å². The highest BCUT2D eigenvalue weighted by Gasteiger charge is 2.31. The molecule has 1 aromatic rings. The largest absolute Gasteiger partial charge is 0.468 e. The van der Waals surface area contributed by atoms with E-state index in [-0.39, 0.29) is 24.2 Å². The van der Waals surface area contributed by atoms with Crippen molar-refractivity contribution < 1.29 is 14.3 Å². The molecule has 1 aromatic carbocycles. The third-order valence-electron chi connectivity index (χ3n) is 4.43. The summed E-state index contributed by atoms with van der Waals surface area (Å²) in [5.74, 6) is -0.169. The number of methoxy groups -OCH3 is 1. The van der Waals surface area contributed by atoms with E-state index >= 15 is 0 Å². The summed E-state index contributed by atoms with van der Waals surface area (Å²) in [5, 5.41) is 3.35. The maximum atomic E-state index is 11.6. The average Bonchev–Trinajstić information content (AvgIpc) is 3.11. The van der Waals surface area contributed by atoms with E-state index in [1.165, 1.54) is 18.2 Å². The molecule has 3 atom stereocenters. The fourth-order valence-electron chi connectivity index (χ4n) is 3.11. The van der Waals surface area contributed by atoms with Gasteiger partial charge in [-0.3, -0.25) is 10.1 Å². The molecule has 0 aromatic heterocycles. The molecule has 1 unspecified atom stereocenters. The summed E-state index contributed by atoms with van der Waals surface area (Å²) in [6, 6.07) is 10.3. The van der Waals surface area contributed by atoms with Crippen molar-refractivity contribution in [3.05, 3.63) is 59.7 Å². The van der Waals surface area contributed by atoms with Crippen molar-refractivity contribution in [3.8, 4) is 0 Å². The summed E-state index contributed by atoms with van der Waals surface area (Å²) in [6.45, 7) is 0.630. The van der Waals surface area contributed by atoms with E-state index in [1.807, 2.05) is 18.2 Å². The molecule has 1 aliphatic heterocycles. The molecule has 1 N–H and O–H groups in total. The van der Waals surface area contributed by atoms with Gasteiger partial charge in [-0.15, -0.1) is 0 Å². The lowest BCUT2D eigenvalue weighted by atomic mass is 9.98. The van der Waals surface area contributed by atoms with Crippen molar-refractivity contribution in [3.63, 3.8) is 0 Å². The Hall–Kier alpha value is -1.91. The lowest BCUT2D eigenvalue weighted by Crippen LogP contribution is -2.37. The van der Waals surface area contributed by atoms with Gasteiger partial charge >= 0.3 is 5.97 Å². The number of carbonyl (C=O) groups is 1. The summed E-state index contributed by atoms with van der Waals surface area (Å²) in [5.41, 5.74) is 2.44. The second kappa shape index (κ2) is 7.57. The van der Waals surface area contributed by atoms with Crippen molar-refractivity contribution in [2.45, 2.75) is 44.1 Å². The van der Waals surface area contributed by atoms with Gasteiger partial charge in [0.05, 0.1) is 19.8 Å². The fourth-order valence-corrected chi connectivity index (χ4v) is 3.11. The van der Waals surface area contributed by atoms with E-state index in [0.717, 1.165) is 19.3 Å². The molecule has 3 rings (SSSR count). The molecule has 122 valence electrons. The Kier molecular flexibility index (Phi) is 5.26. The summed E-state index contributed by atoms with van der Waals surface area (Å²) in [7, 11) is 1.44. The van der Waals surface area contributed by atoms with Crippen molar-refractivity contribution in [2.24, 2.45) is 0 Å². The number of carbonyl (C=O) groups excluding carboxylic acids is 1. The van der Waals surface area contributed by atoms with Crippen LogP contribution in [0.2, 0.25) is 0 Å². The van der Waals surface area contributed by atoms with Gasteiger partial charge in [-0.2, -0.15) is 0 Å². The fraction of sp³-hybridized carbons (Fsp3) is 0.421. The van der Waals surface area contributed by atoms with E-state index in [4.69, 9.17) is 9.47 Å². The number of ether oxygens (including phenoxy) is 2. The molecule has 4 nitrogen and oxygen atoms in total. The summed E-state index contributed by atoms with van der Waals surface area (Å²) < 4.78 is 10.7. The van der Waals surface area contributed by atoms with E-state index in [0.29, 0.717) is 6.61 Å². The summed E-state index contributed by atoms with van der Waals surface area (Å²) in [4.78, 5) is 11.6. The number of esters is 1. The van der Waals surface area contributed by atoms with Crippen LogP contribution in [0.25, 0.3) is 0 Å². The number of nitrogens with one attached hydrogen (secondary N) is 1. The zero-order valence-electron chi connectivity index (χ0n) is 13.4. The van der Waals surface area contributed by atoms with Gasteiger partial charge < -0.3 is 9.47 Å². The van der Waals surface area contributed by atoms with Gasteiger partial charge in [0.1, 0.15) is 6.04 Å². The predicted octanol–water partition coefficient (Wildman–Crippen LogP) is 2.75. The summed E-state index contributed by atoms with van der Waals surface area (Å²) in [6.07, 6.45) is 9.24. The number of rotatable bonds is 5. The third-order valence-corrected chi connectivity index (χ3v) is 4.43. The van der Waals surface area contributed by atoms with Gasteiger partial charge in [-0.25, -0.2) is 0 Å². The first-order valence-electron chi connectivity index (χ1n) is 8.14. The van der Waals surface area contributed by atoms with Crippen molar-refractivity contribution in [2.75, 3.05) is 7.11 Å². The second-order valence-corrected chi connectivity index (χ2v) is 6.01. The molecule has 23 heavy (non-hydrogen) atoms. The quantitative estimate of drug-likeness (QED) is 0.849. The molecule has 0 radical (unpaired) electrons. The molecular formula is C19H23NO3. The number of benzene rings is 1. The predicted molar refractivity (Wildman–Crippen MR) is 88.8 cm³/mol. The maximum Gasteiger partial charge on any atom is 0.322 e. The van der Waals surface area contributed by atoms with Crippen molar-refractivity contribution >= 4 is 5.97 Å². The second-order valence-electron chi connectivity index (χ2n) is 6.01. The summed E-state index contributed by atoms with van der Waals surface area (Å²) >= 11 is 0. The van der Waals surface area contributed by atoms with Gasteiger partial charge in [0.2, 0.25) is 0 Å². The Morgan fingerprint density at radius 2 is 2.09 bits per heavy atom. The minimum absolute atomic E-state index is 0.122. The van der Waals surface area contributed by atoms with Gasteiger partial charge in [-0.05, 0) is 30.4 Å². The average molecular weight is 313 g/mol.